The molecular formula is C12H15N3OS. The van der Waals surface area contributed by atoms with Crippen LogP contribution < -0.4 is 0 Å². The highest BCUT2D eigenvalue weighted by Crippen LogP contribution is 2.13. The Labute approximate surface area is 105 Å². The summed E-state index contributed by atoms with van der Waals surface area (Å²) >= 11 is 4.06. The second kappa shape index (κ2) is 5.23. The number of imidazole rings is 1. The monoisotopic (exact) mass is 249 g/mol. The number of hydrogen-bond acceptors (Lipinski definition) is 3. The van der Waals surface area contributed by atoms with Gasteiger partial charge < -0.3 is 9.88 Å². The van der Waals surface area contributed by atoms with E-state index in [1.165, 1.54) is 0 Å². The first kappa shape index (κ1) is 12.0. The zero-order valence-corrected chi connectivity index (χ0v) is 10.6. The Balaban J connectivity index is 2.09. The fourth-order valence-corrected chi connectivity index (χ4v) is 1.92. The normalized spacial score (nSPS) is 10.7. The molecule has 1 aromatic carbocycles. The number of aromatic nitrogens is 2. The van der Waals surface area contributed by atoms with E-state index in [4.69, 9.17) is 0 Å². The molecule has 2 rings (SSSR count). The number of nitrogens with one attached hydrogen (secondary N) is 1. The third-order valence-corrected chi connectivity index (χ3v) is 2.88. The number of carbonyl (C=O) groups excluding carboxylic acids is 1. The van der Waals surface area contributed by atoms with Crippen LogP contribution in [0.4, 0.5) is 0 Å². The van der Waals surface area contributed by atoms with Crippen molar-refractivity contribution in [2.75, 3.05) is 12.8 Å². The summed E-state index contributed by atoms with van der Waals surface area (Å²) in [6, 6.07) is 5.97. The van der Waals surface area contributed by atoms with Crippen LogP contribution in [0.25, 0.3) is 11.0 Å². The summed E-state index contributed by atoms with van der Waals surface area (Å²) in [6.07, 6.45) is 2.15. The molecule has 90 valence electrons. The molecule has 0 spiro atoms. The molecule has 2 aromatic rings. The third kappa shape index (κ3) is 2.79. The maximum atomic E-state index is 11.6. The molecule has 4 nitrogen and oxygen atoms in total. The van der Waals surface area contributed by atoms with Crippen LogP contribution in [0.15, 0.2) is 24.5 Å². The van der Waals surface area contributed by atoms with E-state index in [-0.39, 0.29) is 5.91 Å². The van der Waals surface area contributed by atoms with Gasteiger partial charge in [0.1, 0.15) is 0 Å². The van der Waals surface area contributed by atoms with Gasteiger partial charge in [0, 0.05) is 20.0 Å². The number of fused-ring (bicyclic) bond motifs is 1. The summed E-state index contributed by atoms with van der Waals surface area (Å²) in [6.45, 7) is 0.613. The summed E-state index contributed by atoms with van der Waals surface area (Å²) in [4.78, 5) is 20.6. The largest absolute Gasteiger partial charge is 0.345 e. The van der Waals surface area contributed by atoms with Crippen LogP contribution in [0.3, 0.4) is 0 Å². The number of thiol groups is 1. The predicted octanol–water partition coefficient (Wildman–Crippen LogP) is 1.84. The summed E-state index contributed by atoms with van der Waals surface area (Å²) in [5, 5.41) is 0. The minimum atomic E-state index is 0.115. The summed E-state index contributed by atoms with van der Waals surface area (Å²) in [5.41, 5.74) is 3.03. The Morgan fingerprint density at radius 3 is 3.12 bits per heavy atom. The van der Waals surface area contributed by atoms with E-state index in [1.807, 2.05) is 25.2 Å². The van der Waals surface area contributed by atoms with Gasteiger partial charge in [0.05, 0.1) is 17.4 Å². The lowest BCUT2D eigenvalue weighted by Crippen LogP contribution is -2.26. The van der Waals surface area contributed by atoms with E-state index >= 15 is 0 Å². The number of hydrogen-bond donors (Lipinski definition) is 2. The molecular weight excluding hydrogens is 234 g/mol. The lowest BCUT2D eigenvalue weighted by molar-refractivity contribution is -0.129. The highest BCUT2D eigenvalue weighted by Gasteiger charge is 2.08. The first-order chi connectivity index (χ1) is 8.20. The Morgan fingerprint density at radius 2 is 2.35 bits per heavy atom. The van der Waals surface area contributed by atoms with Crippen LogP contribution in [0.1, 0.15) is 12.0 Å². The minimum Gasteiger partial charge on any atom is -0.345 e. The van der Waals surface area contributed by atoms with Crippen molar-refractivity contribution in [1.29, 1.82) is 0 Å². The van der Waals surface area contributed by atoms with E-state index in [9.17, 15) is 4.79 Å². The molecule has 0 atom stereocenters. The van der Waals surface area contributed by atoms with Crippen molar-refractivity contribution in [3.05, 3.63) is 30.1 Å². The number of carbonyl (C=O) groups is 1. The highest BCUT2D eigenvalue weighted by atomic mass is 32.1. The molecule has 1 amide bonds. The van der Waals surface area contributed by atoms with E-state index in [0.717, 1.165) is 16.6 Å². The van der Waals surface area contributed by atoms with Crippen LogP contribution in [0, 0.1) is 0 Å². The Kier molecular flexibility index (Phi) is 3.68. The SMILES string of the molecule is CN(Cc1ccc2nc[nH]c2c1)C(=O)CCS. The van der Waals surface area contributed by atoms with E-state index in [2.05, 4.69) is 22.6 Å². The number of rotatable bonds is 4. The van der Waals surface area contributed by atoms with Gasteiger partial charge in [-0.25, -0.2) is 4.98 Å². The zero-order chi connectivity index (χ0) is 12.3. The van der Waals surface area contributed by atoms with Gasteiger partial charge in [-0.1, -0.05) is 6.07 Å². The molecule has 1 heterocycles. The first-order valence-corrected chi connectivity index (χ1v) is 6.11. The predicted molar refractivity (Wildman–Crippen MR) is 71.0 cm³/mol. The molecule has 0 aliphatic rings. The molecule has 0 aliphatic carbocycles. The van der Waals surface area contributed by atoms with Crippen molar-refractivity contribution in [3.63, 3.8) is 0 Å². The molecule has 0 aliphatic heterocycles. The second-order valence-corrected chi connectivity index (χ2v) is 4.42. The Bertz CT molecular complexity index is 523. The molecule has 0 bridgehead atoms. The molecule has 5 heteroatoms. The quantitative estimate of drug-likeness (QED) is 0.812. The van der Waals surface area contributed by atoms with Crippen molar-refractivity contribution in [2.24, 2.45) is 0 Å². The Hall–Kier alpha value is -1.49. The van der Waals surface area contributed by atoms with E-state index in [1.54, 1.807) is 11.2 Å². The highest BCUT2D eigenvalue weighted by molar-refractivity contribution is 7.80. The van der Waals surface area contributed by atoms with Gasteiger partial charge in [-0.2, -0.15) is 12.6 Å². The standard InChI is InChI=1S/C12H15N3OS/c1-15(12(16)4-5-17)7-9-2-3-10-11(6-9)14-8-13-10/h2-3,6,8,17H,4-5,7H2,1H3,(H,13,14). The smallest absolute Gasteiger partial charge is 0.223 e. The van der Waals surface area contributed by atoms with Crippen LogP contribution in [0.5, 0.6) is 0 Å². The first-order valence-electron chi connectivity index (χ1n) is 5.47. The minimum absolute atomic E-state index is 0.115. The van der Waals surface area contributed by atoms with Gasteiger partial charge in [0.25, 0.3) is 0 Å². The number of H-pyrrole nitrogens is 1. The van der Waals surface area contributed by atoms with Gasteiger partial charge in [0.15, 0.2) is 0 Å². The number of benzene rings is 1. The van der Waals surface area contributed by atoms with Crippen LogP contribution in [0.2, 0.25) is 0 Å². The molecule has 0 saturated heterocycles. The van der Waals surface area contributed by atoms with Crippen LogP contribution in [-0.2, 0) is 11.3 Å². The van der Waals surface area contributed by atoms with Gasteiger partial charge >= 0.3 is 0 Å². The van der Waals surface area contributed by atoms with E-state index < -0.39 is 0 Å². The van der Waals surface area contributed by atoms with Gasteiger partial charge in [-0.15, -0.1) is 0 Å². The third-order valence-electron chi connectivity index (χ3n) is 2.66. The summed E-state index contributed by atoms with van der Waals surface area (Å²) < 4.78 is 0. The Morgan fingerprint density at radius 1 is 1.53 bits per heavy atom. The second-order valence-electron chi connectivity index (χ2n) is 3.98. The average Bonchev–Trinajstić information content (AvgIpc) is 2.76. The topological polar surface area (TPSA) is 49.0 Å². The molecule has 0 unspecified atom stereocenters. The maximum absolute atomic E-state index is 11.6. The van der Waals surface area contributed by atoms with Gasteiger partial charge in [-0.3, -0.25) is 4.79 Å². The summed E-state index contributed by atoms with van der Waals surface area (Å²) in [7, 11) is 1.81. The number of nitrogens with zero attached hydrogens (tertiary/aromatic N) is 2. The van der Waals surface area contributed by atoms with Crippen LogP contribution >= 0.6 is 12.6 Å². The lowest BCUT2D eigenvalue weighted by Gasteiger charge is -2.16. The van der Waals surface area contributed by atoms with Crippen molar-refractivity contribution in [2.45, 2.75) is 13.0 Å². The van der Waals surface area contributed by atoms with Gasteiger partial charge in [0.2, 0.25) is 5.91 Å². The van der Waals surface area contributed by atoms with Gasteiger partial charge in [-0.05, 0) is 23.4 Å². The molecule has 1 N–H and O–H groups in total. The fraction of sp³-hybridized carbons (Fsp3) is 0.333. The molecule has 0 fully saturated rings. The van der Waals surface area contributed by atoms with E-state index in [0.29, 0.717) is 18.7 Å². The maximum Gasteiger partial charge on any atom is 0.223 e. The molecule has 17 heavy (non-hydrogen) atoms. The summed E-state index contributed by atoms with van der Waals surface area (Å²) in [5.74, 6) is 0.702. The van der Waals surface area contributed by atoms with Crippen molar-refractivity contribution >= 4 is 29.6 Å². The van der Waals surface area contributed by atoms with Crippen LogP contribution in [-0.4, -0.2) is 33.6 Å². The zero-order valence-electron chi connectivity index (χ0n) is 9.68. The molecule has 1 aromatic heterocycles. The lowest BCUT2D eigenvalue weighted by atomic mass is 10.2. The average molecular weight is 249 g/mol. The fourth-order valence-electron chi connectivity index (χ4n) is 1.73. The molecule has 0 saturated carbocycles. The van der Waals surface area contributed by atoms with Crippen molar-refractivity contribution in [1.82, 2.24) is 14.9 Å². The molecule has 0 radical (unpaired) electrons. The van der Waals surface area contributed by atoms with Crippen molar-refractivity contribution < 1.29 is 4.79 Å². The van der Waals surface area contributed by atoms with Crippen molar-refractivity contribution in [3.8, 4) is 0 Å². The number of amides is 1. The number of aromatic amines is 1.